The van der Waals surface area contributed by atoms with Crippen molar-refractivity contribution < 1.29 is 14.3 Å². The molecule has 1 aromatic heterocycles. The number of guanidine groups is 1. The van der Waals surface area contributed by atoms with Gasteiger partial charge in [0.15, 0.2) is 5.96 Å². The molecule has 8 nitrogen and oxygen atoms in total. The molecule has 0 aliphatic carbocycles. The molecule has 0 saturated carbocycles. The second kappa shape index (κ2) is 9.10. The van der Waals surface area contributed by atoms with Gasteiger partial charge in [-0.2, -0.15) is 4.99 Å². The Morgan fingerprint density at radius 2 is 2.04 bits per heavy atom. The molecule has 0 fully saturated rings. The summed E-state index contributed by atoms with van der Waals surface area (Å²) in [6.07, 6.45) is 0. The average Bonchev–Trinajstić information content (AvgIpc) is 3.08. The second-order valence-corrected chi connectivity index (χ2v) is 5.70. The van der Waals surface area contributed by atoms with Gasteiger partial charge in [0.05, 0.1) is 12.6 Å². The molecule has 1 amide bonds. The standard InChI is InChI=1S/C18H27N5O3/c1-5-23(6-2)7-8-26-12-9-14-13(16(10-12)25-4)11-15(21-14)17(24)22-18(19)20-3/h9-11,21H,5-8H2,1-4H3,(H3,19,20,22,24). The van der Waals surface area contributed by atoms with Crippen molar-refractivity contribution >= 4 is 22.8 Å². The number of ether oxygens (including phenoxy) is 2. The molecule has 0 atom stereocenters. The predicted molar refractivity (Wildman–Crippen MR) is 103 cm³/mol. The Bertz CT molecular complexity index is 780. The van der Waals surface area contributed by atoms with E-state index in [0.29, 0.717) is 23.8 Å². The van der Waals surface area contributed by atoms with Gasteiger partial charge in [0, 0.05) is 31.1 Å². The first kappa shape index (κ1) is 19.6. The van der Waals surface area contributed by atoms with Crippen LogP contribution in [0.3, 0.4) is 0 Å². The van der Waals surface area contributed by atoms with Crippen molar-refractivity contribution in [2.75, 3.05) is 40.4 Å². The van der Waals surface area contributed by atoms with Crippen LogP contribution in [0.25, 0.3) is 10.9 Å². The highest BCUT2D eigenvalue weighted by atomic mass is 16.5. The van der Waals surface area contributed by atoms with E-state index in [1.165, 1.54) is 0 Å². The lowest BCUT2D eigenvalue weighted by molar-refractivity contribution is 0.0998. The summed E-state index contributed by atoms with van der Waals surface area (Å²) in [6, 6.07) is 5.36. The summed E-state index contributed by atoms with van der Waals surface area (Å²) < 4.78 is 11.3. The van der Waals surface area contributed by atoms with Gasteiger partial charge >= 0.3 is 0 Å². The van der Waals surface area contributed by atoms with Crippen LogP contribution in [0.2, 0.25) is 0 Å². The fraction of sp³-hybridized carbons (Fsp3) is 0.444. The Balaban J connectivity index is 2.23. The first-order valence-electron chi connectivity index (χ1n) is 8.64. The van der Waals surface area contributed by atoms with Crippen molar-refractivity contribution in [1.29, 1.82) is 0 Å². The number of carbonyl (C=O) groups is 1. The first-order valence-corrected chi connectivity index (χ1v) is 8.64. The van der Waals surface area contributed by atoms with Crippen LogP contribution in [0.1, 0.15) is 24.3 Å². The number of carbonyl (C=O) groups excluding carboxylic acids is 1. The van der Waals surface area contributed by atoms with Gasteiger partial charge in [0.2, 0.25) is 0 Å². The SMILES string of the molecule is CCN(CC)CCOc1cc(OC)c2cc(C(=O)N=C(N)NC)[nH]c2c1. The van der Waals surface area contributed by atoms with Crippen molar-refractivity contribution in [3.05, 3.63) is 23.9 Å². The Kier molecular flexibility index (Phi) is 6.85. The summed E-state index contributed by atoms with van der Waals surface area (Å²) >= 11 is 0. The number of likely N-dealkylation sites (N-methyl/N-ethyl adjacent to an activating group) is 1. The summed E-state index contributed by atoms with van der Waals surface area (Å²) in [6.45, 7) is 7.64. The molecule has 0 spiro atoms. The fourth-order valence-corrected chi connectivity index (χ4v) is 2.60. The number of aromatic nitrogens is 1. The number of benzene rings is 1. The lowest BCUT2D eigenvalue weighted by Gasteiger charge is -2.18. The maximum Gasteiger partial charge on any atom is 0.296 e. The number of aromatic amines is 1. The number of nitrogens with one attached hydrogen (secondary N) is 2. The van der Waals surface area contributed by atoms with Crippen LogP contribution < -0.4 is 20.5 Å². The summed E-state index contributed by atoms with van der Waals surface area (Å²) in [5.41, 5.74) is 6.61. The molecule has 0 bridgehead atoms. The summed E-state index contributed by atoms with van der Waals surface area (Å²) in [7, 11) is 3.18. The van der Waals surface area contributed by atoms with Gasteiger partial charge in [-0.15, -0.1) is 0 Å². The molecule has 2 rings (SSSR count). The highest BCUT2D eigenvalue weighted by Gasteiger charge is 2.14. The van der Waals surface area contributed by atoms with Crippen LogP contribution in [0.5, 0.6) is 11.5 Å². The fourth-order valence-electron chi connectivity index (χ4n) is 2.60. The van der Waals surface area contributed by atoms with E-state index in [2.05, 4.69) is 34.0 Å². The molecule has 142 valence electrons. The number of aliphatic imine (C=N–C) groups is 1. The van der Waals surface area contributed by atoms with E-state index in [9.17, 15) is 4.79 Å². The van der Waals surface area contributed by atoms with Crippen molar-refractivity contribution in [3.8, 4) is 11.5 Å². The number of nitrogens with zero attached hydrogens (tertiary/aromatic N) is 2. The molecule has 1 aromatic carbocycles. The molecule has 26 heavy (non-hydrogen) atoms. The molecular weight excluding hydrogens is 334 g/mol. The average molecular weight is 361 g/mol. The Labute approximate surface area is 153 Å². The normalized spacial score (nSPS) is 11.8. The number of nitrogens with two attached hydrogens (primary N) is 1. The van der Waals surface area contributed by atoms with Crippen LogP contribution >= 0.6 is 0 Å². The zero-order valence-corrected chi connectivity index (χ0v) is 15.8. The molecule has 4 N–H and O–H groups in total. The van der Waals surface area contributed by atoms with Gasteiger partial charge in [-0.05, 0) is 19.2 Å². The van der Waals surface area contributed by atoms with E-state index in [1.54, 1.807) is 20.2 Å². The van der Waals surface area contributed by atoms with E-state index in [-0.39, 0.29) is 5.96 Å². The Morgan fingerprint density at radius 1 is 1.31 bits per heavy atom. The minimum atomic E-state index is -0.459. The number of fused-ring (bicyclic) bond motifs is 1. The van der Waals surface area contributed by atoms with Crippen LogP contribution in [0.15, 0.2) is 23.2 Å². The first-order chi connectivity index (χ1) is 12.5. The molecule has 0 aliphatic rings. The quantitative estimate of drug-likeness (QED) is 0.487. The molecule has 0 aliphatic heterocycles. The maximum atomic E-state index is 12.2. The smallest absolute Gasteiger partial charge is 0.296 e. The highest BCUT2D eigenvalue weighted by molar-refractivity contribution is 6.04. The molecule has 0 radical (unpaired) electrons. The van der Waals surface area contributed by atoms with Gasteiger partial charge < -0.3 is 30.4 Å². The number of hydrogen-bond acceptors (Lipinski definition) is 4. The Hall–Kier alpha value is -2.74. The zero-order valence-electron chi connectivity index (χ0n) is 15.8. The highest BCUT2D eigenvalue weighted by Crippen LogP contribution is 2.32. The topological polar surface area (TPSA) is 105 Å². The predicted octanol–water partition coefficient (Wildman–Crippen LogP) is 1.57. The van der Waals surface area contributed by atoms with E-state index < -0.39 is 5.91 Å². The second-order valence-electron chi connectivity index (χ2n) is 5.70. The molecule has 0 saturated heterocycles. The number of H-pyrrole nitrogens is 1. The molecule has 1 heterocycles. The van der Waals surface area contributed by atoms with Gasteiger partial charge in [-0.3, -0.25) is 4.79 Å². The van der Waals surface area contributed by atoms with Crippen molar-refractivity contribution in [1.82, 2.24) is 15.2 Å². The van der Waals surface area contributed by atoms with Crippen LogP contribution in [0, 0.1) is 0 Å². The number of rotatable bonds is 8. The van der Waals surface area contributed by atoms with Gasteiger partial charge in [-0.25, -0.2) is 0 Å². The van der Waals surface area contributed by atoms with E-state index in [1.807, 2.05) is 12.1 Å². The minimum Gasteiger partial charge on any atom is -0.496 e. The van der Waals surface area contributed by atoms with E-state index in [4.69, 9.17) is 15.2 Å². The lowest BCUT2D eigenvalue weighted by Crippen LogP contribution is -2.28. The maximum absolute atomic E-state index is 12.2. The monoisotopic (exact) mass is 361 g/mol. The van der Waals surface area contributed by atoms with Gasteiger partial charge in [-0.1, -0.05) is 13.8 Å². The number of hydrogen-bond donors (Lipinski definition) is 3. The number of methoxy groups -OCH3 is 1. The lowest BCUT2D eigenvalue weighted by atomic mass is 10.2. The van der Waals surface area contributed by atoms with E-state index >= 15 is 0 Å². The van der Waals surface area contributed by atoms with Crippen molar-refractivity contribution in [3.63, 3.8) is 0 Å². The Morgan fingerprint density at radius 3 is 2.65 bits per heavy atom. The van der Waals surface area contributed by atoms with E-state index in [0.717, 1.165) is 30.5 Å². The summed E-state index contributed by atoms with van der Waals surface area (Å²) in [5.74, 6) is 0.905. The van der Waals surface area contributed by atoms with Crippen LogP contribution in [-0.4, -0.2) is 62.1 Å². The van der Waals surface area contributed by atoms with Crippen molar-refractivity contribution in [2.24, 2.45) is 10.7 Å². The van der Waals surface area contributed by atoms with Crippen LogP contribution in [0.4, 0.5) is 0 Å². The third kappa shape index (κ3) is 4.66. The molecule has 0 unspecified atom stereocenters. The minimum absolute atomic E-state index is 0.0565. The van der Waals surface area contributed by atoms with Crippen molar-refractivity contribution in [2.45, 2.75) is 13.8 Å². The molecular formula is C18H27N5O3. The van der Waals surface area contributed by atoms with Gasteiger partial charge in [0.1, 0.15) is 23.8 Å². The third-order valence-corrected chi connectivity index (χ3v) is 4.17. The third-order valence-electron chi connectivity index (χ3n) is 4.17. The summed E-state index contributed by atoms with van der Waals surface area (Å²) in [4.78, 5) is 21.3. The van der Waals surface area contributed by atoms with Crippen LogP contribution in [-0.2, 0) is 0 Å². The zero-order chi connectivity index (χ0) is 19.1. The van der Waals surface area contributed by atoms with Gasteiger partial charge in [0.25, 0.3) is 5.91 Å². The number of amides is 1. The summed E-state index contributed by atoms with van der Waals surface area (Å²) in [5, 5.41) is 3.40. The largest absolute Gasteiger partial charge is 0.496 e. The molecule has 2 aromatic rings. The molecule has 8 heteroatoms.